The molecule has 1 radical (unpaired) electrons. The normalized spacial score (nSPS) is 13.9. The monoisotopic (exact) mass is 184 g/mol. The lowest BCUT2D eigenvalue weighted by atomic mass is 9.78. The highest BCUT2D eigenvalue weighted by atomic mass is 15.0. The molecule has 14 heavy (non-hydrogen) atoms. The highest BCUT2D eigenvalue weighted by molar-refractivity contribution is 6.50. The van der Waals surface area contributed by atoms with E-state index in [1.54, 1.807) is 6.33 Å². The van der Waals surface area contributed by atoms with Gasteiger partial charge in [-0.3, -0.25) is 4.98 Å². The van der Waals surface area contributed by atoms with Crippen molar-refractivity contribution in [3.05, 3.63) is 36.3 Å². The molecule has 0 bridgehead atoms. The van der Waals surface area contributed by atoms with Gasteiger partial charge >= 0.3 is 0 Å². The van der Waals surface area contributed by atoms with Crippen LogP contribution in [0.25, 0.3) is 0 Å². The molecule has 0 saturated carbocycles. The van der Waals surface area contributed by atoms with Crippen molar-refractivity contribution in [2.45, 2.75) is 13.2 Å². The lowest BCUT2D eigenvalue weighted by molar-refractivity contribution is 1.15. The van der Waals surface area contributed by atoms with E-state index < -0.39 is 0 Å². The van der Waals surface area contributed by atoms with Crippen LogP contribution in [0, 0.1) is 0 Å². The molecular formula is C10H11BN3. The second-order valence-electron chi connectivity index (χ2n) is 3.07. The van der Waals surface area contributed by atoms with Gasteiger partial charge in [-0.1, -0.05) is 19.0 Å². The van der Waals surface area contributed by atoms with Crippen LogP contribution in [0.15, 0.2) is 36.3 Å². The minimum Gasteiger partial charge on any atom is -0.343 e. The van der Waals surface area contributed by atoms with Crippen LogP contribution >= 0.6 is 0 Å². The Labute approximate surface area is 84.2 Å². The summed E-state index contributed by atoms with van der Waals surface area (Å²) in [5, 5.41) is 3.24. The second kappa shape index (κ2) is 4.09. The van der Waals surface area contributed by atoms with Gasteiger partial charge in [-0.05, 0) is 12.1 Å². The molecule has 0 saturated heterocycles. The molecule has 1 aromatic heterocycles. The average molecular weight is 184 g/mol. The van der Waals surface area contributed by atoms with Gasteiger partial charge in [0.2, 0.25) is 0 Å². The van der Waals surface area contributed by atoms with Crippen molar-refractivity contribution in [2.75, 3.05) is 5.32 Å². The maximum absolute atomic E-state index is 4.14. The number of hydrogen-bond donors (Lipinski definition) is 1. The topological polar surface area (TPSA) is 37.8 Å². The Hall–Kier alpha value is -1.58. The summed E-state index contributed by atoms with van der Waals surface area (Å²) in [4.78, 5) is 8.23. The summed E-state index contributed by atoms with van der Waals surface area (Å²) in [5.74, 6) is 0.850. The zero-order valence-electron chi connectivity index (χ0n) is 8.07. The van der Waals surface area contributed by atoms with Gasteiger partial charge in [0.15, 0.2) is 7.28 Å². The van der Waals surface area contributed by atoms with Crippen LogP contribution in [0.3, 0.4) is 0 Å². The van der Waals surface area contributed by atoms with E-state index in [1.165, 1.54) is 5.70 Å². The van der Waals surface area contributed by atoms with Crippen LogP contribution in [0.4, 0.5) is 5.82 Å². The molecule has 0 aliphatic heterocycles. The van der Waals surface area contributed by atoms with Crippen molar-refractivity contribution >= 4 is 18.7 Å². The van der Waals surface area contributed by atoms with Gasteiger partial charge in [0.1, 0.15) is 12.1 Å². The smallest absolute Gasteiger partial charge is 0.174 e. The van der Waals surface area contributed by atoms with Gasteiger partial charge in [0.05, 0.1) is 0 Å². The molecule has 1 heterocycles. The predicted octanol–water partition coefficient (Wildman–Crippen LogP) is 1.11. The van der Waals surface area contributed by atoms with Crippen LogP contribution in [-0.4, -0.2) is 17.2 Å². The van der Waals surface area contributed by atoms with Gasteiger partial charge in [0.25, 0.3) is 0 Å². The zero-order valence-corrected chi connectivity index (χ0v) is 8.07. The minimum atomic E-state index is 0.850. The average Bonchev–Trinajstić information content (AvgIpc) is 2.71. The van der Waals surface area contributed by atoms with E-state index in [0.717, 1.165) is 17.8 Å². The molecular weight excluding hydrogens is 173 g/mol. The molecule has 3 nitrogen and oxygen atoms in total. The van der Waals surface area contributed by atoms with Crippen molar-refractivity contribution in [1.82, 2.24) is 9.97 Å². The molecule has 4 heteroatoms. The lowest BCUT2D eigenvalue weighted by Crippen LogP contribution is -2.16. The minimum absolute atomic E-state index is 0.850. The van der Waals surface area contributed by atoms with E-state index in [0.29, 0.717) is 0 Å². The molecule has 1 aromatic rings. The summed E-state index contributed by atoms with van der Waals surface area (Å²) in [6, 6.07) is 1.93. The Morgan fingerprint density at radius 2 is 2.36 bits per heavy atom. The van der Waals surface area contributed by atoms with Crippen LogP contribution < -0.4 is 10.9 Å². The molecule has 2 rings (SSSR count). The first-order chi connectivity index (χ1) is 6.88. The van der Waals surface area contributed by atoms with Crippen molar-refractivity contribution < 1.29 is 0 Å². The first-order valence-corrected chi connectivity index (χ1v) is 4.62. The molecule has 0 unspecified atom stereocenters. The fourth-order valence-corrected chi connectivity index (χ4v) is 1.30. The number of aromatic nitrogens is 2. The van der Waals surface area contributed by atoms with E-state index in [2.05, 4.69) is 27.4 Å². The SMILES string of the molecule is C[B]c1cc(NC2=CC=CC2)ncn1. The van der Waals surface area contributed by atoms with Crippen molar-refractivity contribution in [3.63, 3.8) is 0 Å². The van der Waals surface area contributed by atoms with Gasteiger partial charge in [-0.2, -0.15) is 0 Å². The lowest BCUT2D eigenvalue weighted by Gasteiger charge is -2.06. The van der Waals surface area contributed by atoms with Crippen molar-refractivity contribution in [3.8, 4) is 0 Å². The van der Waals surface area contributed by atoms with Crippen LogP contribution in [-0.2, 0) is 0 Å². The fraction of sp³-hybridized carbons (Fsp3) is 0.200. The fourth-order valence-electron chi connectivity index (χ4n) is 1.30. The molecule has 1 N–H and O–H groups in total. The third-order valence-electron chi connectivity index (χ3n) is 2.04. The molecule has 0 amide bonds. The number of rotatable bonds is 3. The van der Waals surface area contributed by atoms with E-state index >= 15 is 0 Å². The third kappa shape index (κ3) is 2.02. The van der Waals surface area contributed by atoms with Gasteiger partial charge < -0.3 is 5.32 Å². The Kier molecular flexibility index (Phi) is 2.63. The first-order valence-electron chi connectivity index (χ1n) is 4.62. The van der Waals surface area contributed by atoms with E-state index in [-0.39, 0.29) is 0 Å². The summed E-state index contributed by atoms with van der Waals surface area (Å²) >= 11 is 0. The molecule has 0 atom stereocenters. The third-order valence-corrected chi connectivity index (χ3v) is 2.04. The van der Waals surface area contributed by atoms with Crippen LogP contribution in [0.2, 0.25) is 6.82 Å². The Balaban J connectivity index is 2.09. The van der Waals surface area contributed by atoms with Gasteiger partial charge in [-0.15, -0.1) is 0 Å². The zero-order chi connectivity index (χ0) is 9.80. The molecule has 0 aromatic carbocycles. The van der Waals surface area contributed by atoms with Gasteiger partial charge in [-0.25, -0.2) is 4.98 Å². The molecule has 0 spiro atoms. The maximum atomic E-state index is 4.14. The summed E-state index contributed by atoms with van der Waals surface area (Å²) < 4.78 is 0. The standard InChI is InChI=1S/C10H11BN3/c1-11-9-6-10(13-7-12-9)14-8-4-2-3-5-8/h2-4,6-7H,5H2,1H3,(H,12,13,14). The number of nitrogens with one attached hydrogen (secondary N) is 1. The molecule has 1 aliphatic rings. The molecule has 69 valence electrons. The number of nitrogens with zero attached hydrogens (tertiary/aromatic N) is 2. The Morgan fingerprint density at radius 1 is 1.43 bits per heavy atom. The van der Waals surface area contributed by atoms with E-state index in [9.17, 15) is 0 Å². The van der Waals surface area contributed by atoms with Gasteiger partial charge in [0, 0.05) is 17.7 Å². The highest BCUT2D eigenvalue weighted by Crippen LogP contribution is 2.12. The first kappa shape index (κ1) is 9.00. The number of anilines is 1. The molecule has 1 aliphatic carbocycles. The summed E-state index contributed by atoms with van der Waals surface area (Å²) in [6.07, 6.45) is 8.72. The maximum Gasteiger partial charge on any atom is 0.174 e. The number of hydrogen-bond acceptors (Lipinski definition) is 3. The van der Waals surface area contributed by atoms with Crippen LogP contribution in [0.1, 0.15) is 6.42 Å². The van der Waals surface area contributed by atoms with Crippen molar-refractivity contribution in [1.29, 1.82) is 0 Å². The summed E-state index contributed by atoms with van der Waals surface area (Å²) in [5.41, 5.74) is 2.11. The quantitative estimate of drug-likeness (QED) is 0.715. The van der Waals surface area contributed by atoms with E-state index in [1.807, 2.05) is 26.2 Å². The van der Waals surface area contributed by atoms with E-state index in [4.69, 9.17) is 0 Å². The Bertz CT molecular complexity index is 385. The van der Waals surface area contributed by atoms with Crippen molar-refractivity contribution in [2.24, 2.45) is 0 Å². The highest BCUT2D eigenvalue weighted by Gasteiger charge is 2.01. The summed E-state index contributed by atoms with van der Waals surface area (Å²) in [7, 11) is 1.95. The Morgan fingerprint density at radius 3 is 3.07 bits per heavy atom. The largest absolute Gasteiger partial charge is 0.343 e. The number of allylic oxidation sites excluding steroid dienone is 3. The van der Waals surface area contributed by atoms with Crippen LogP contribution in [0.5, 0.6) is 0 Å². The predicted molar refractivity (Wildman–Crippen MR) is 58.7 cm³/mol. The second-order valence-corrected chi connectivity index (χ2v) is 3.07. The summed E-state index contributed by atoms with van der Waals surface area (Å²) in [6.45, 7) is 1.96. The molecule has 0 fully saturated rings.